The molecular formula is C18H26N2S. The number of benzene rings is 1. The van der Waals surface area contributed by atoms with Gasteiger partial charge in [0.25, 0.3) is 0 Å². The van der Waals surface area contributed by atoms with Crippen molar-refractivity contribution in [3.8, 4) is 6.07 Å². The molecule has 2 unspecified atom stereocenters. The highest BCUT2D eigenvalue weighted by molar-refractivity contribution is 7.99. The Kier molecular flexibility index (Phi) is 6.14. The summed E-state index contributed by atoms with van der Waals surface area (Å²) in [6.45, 7) is 5.28. The van der Waals surface area contributed by atoms with Crippen LogP contribution in [0.15, 0.2) is 24.3 Å². The molecule has 1 aromatic rings. The number of hydrogen-bond acceptors (Lipinski definition) is 3. The second kappa shape index (κ2) is 7.87. The topological polar surface area (TPSA) is 35.8 Å². The maximum atomic E-state index is 9.59. The molecule has 0 heterocycles. The molecule has 2 rings (SSSR count). The zero-order valence-corrected chi connectivity index (χ0v) is 14.0. The van der Waals surface area contributed by atoms with Gasteiger partial charge in [-0.3, -0.25) is 5.32 Å². The van der Waals surface area contributed by atoms with E-state index >= 15 is 0 Å². The average Bonchev–Trinajstić information content (AvgIpc) is 2.52. The third-order valence-electron chi connectivity index (χ3n) is 4.37. The van der Waals surface area contributed by atoms with Gasteiger partial charge in [0, 0.05) is 11.0 Å². The van der Waals surface area contributed by atoms with Gasteiger partial charge in [0.05, 0.1) is 6.07 Å². The molecule has 0 aliphatic heterocycles. The molecule has 1 aromatic carbocycles. The standard InChI is InChI=1S/C18H26N2S/c1-3-11-20-18(14-19)10-6-9-17(12-18)21-13-16-8-5-4-7-15(16)2/h4-5,7-8,17,20H,3,6,9-13H2,1-2H3. The molecule has 1 fully saturated rings. The lowest BCUT2D eigenvalue weighted by Crippen LogP contribution is -2.48. The smallest absolute Gasteiger partial charge is 0.107 e. The Balaban J connectivity index is 1.92. The average molecular weight is 302 g/mol. The van der Waals surface area contributed by atoms with Crippen LogP contribution in [0, 0.1) is 18.3 Å². The van der Waals surface area contributed by atoms with Crippen LogP contribution in [0.5, 0.6) is 0 Å². The minimum Gasteiger partial charge on any atom is -0.299 e. The number of nitrogens with one attached hydrogen (secondary N) is 1. The van der Waals surface area contributed by atoms with Gasteiger partial charge >= 0.3 is 0 Å². The van der Waals surface area contributed by atoms with Gasteiger partial charge < -0.3 is 0 Å². The van der Waals surface area contributed by atoms with E-state index in [9.17, 15) is 5.26 Å². The van der Waals surface area contributed by atoms with Crippen molar-refractivity contribution in [3.05, 3.63) is 35.4 Å². The Morgan fingerprint density at radius 1 is 1.43 bits per heavy atom. The monoisotopic (exact) mass is 302 g/mol. The number of hydrogen-bond donors (Lipinski definition) is 1. The summed E-state index contributed by atoms with van der Waals surface area (Å²) < 4.78 is 0. The Hall–Kier alpha value is -0.980. The summed E-state index contributed by atoms with van der Waals surface area (Å²) in [5, 5.41) is 13.7. The summed E-state index contributed by atoms with van der Waals surface area (Å²) in [6.07, 6.45) is 5.49. The predicted molar refractivity (Wildman–Crippen MR) is 91.4 cm³/mol. The van der Waals surface area contributed by atoms with Gasteiger partial charge in [-0.25, -0.2) is 0 Å². The van der Waals surface area contributed by atoms with Crippen molar-refractivity contribution in [2.45, 2.75) is 62.5 Å². The van der Waals surface area contributed by atoms with E-state index in [1.807, 2.05) is 11.8 Å². The van der Waals surface area contributed by atoms with Crippen LogP contribution >= 0.6 is 11.8 Å². The number of rotatable bonds is 6. The molecule has 0 saturated heterocycles. The molecule has 1 N–H and O–H groups in total. The van der Waals surface area contributed by atoms with Gasteiger partial charge in [-0.1, -0.05) is 31.2 Å². The molecule has 114 valence electrons. The van der Waals surface area contributed by atoms with E-state index in [2.05, 4.69) is 49.5 Å². The molecule has 0 spiro atoms. The molecule has 1 aliphatic carbocycles. The van der Waals surface area contributed by atoms with E-state index < -0.39 is 0 Å². The van der Waals surface area contributed by atoms with Gasteiger partial charge in [-0.2, -0.15) is 17.0 Å². The van der Waals surface area contributed by atoms with E-state index in [-0.39, 0.29) is 5.54 Å². The first-order valence-corrected chi connectivity index (χ1v) is 9.06. The molecule has 1 aliphatic rings. The lowest BCUT2D eigenvalue weighted by Gasteiger charge is -2.36. The minimum atomic E-state index is -0.280. The fourth-order valence-electron chi connectivity index (χ4n) is 3.01. The van der Waals surface area contributed by atoms with Crippen molar-refractivity contribution in [1.29, 1.82) is 5.26 Å². The highest BCUT2D eigenvalue weighted by Crippen LogP contribution is 2.36. The lowest BCUT2D eigenvalue weighted by atomic mass is 9.82. The van der Waals surface area contributed by atoms with Crippen LogP contribution in [-0.2, 0) is 5.75 Å². The Morgan fingerprint density at radius 3 is 2.95 bits per heavy atom. The molecule has 0 bridgehead atoms. The quantitative estimate of drug-likeness (QED) is 0.844. The van der Waals surface area contributed by atoms with E-state index in [1.165, 1.54) is 17.5 Å². The zero-order chi connectivity index (χ0) is 15.1. The molecule has 2 nitrogen and oxygen atoms in total. The molecule has 1 saturated carbocycles. The minimum absolute atomic E-state index is 0.280. The zero-order valence-electron chi connectivity index (χ0n) is 13.2. The van der Waals surface area contributed by atoms with Crippen LogP contribution in [0.1, 0.15) is 50.2 Å². The summed E-state index contributed by atoms with van der Waals surface area (Å²) >= 11 is 2.02. The van der Waals surface area contributed by atoms with Crippen molar-refractivity contribution < 1.29 is 0 Å². The maximum absolute atomic E-state index is 9.59. The van der Waals surface area contributed by atoms with Crippen LogP contribution in [-0.4, -0.2) is 17.3 Å². The maximum Gasteiger partial charge on any atom is 0.107 e. The van der Waals surface area contributed by atoms with Crippen LogP contribution < -0.4 is 5.32 Å². The lowest BCUT2D eigenvalue weighted by molar-refractivity contribution is 0.305. The Morgan fingerprint density at radius 2 is 2.24 bits per heavy atom. The van der Waals surface area contributed by atoms with Crippen molar-refractivity contribution in [2.24, 2.45) is 0 Å². The van der Waals surface area contributed by atoms with Crippen molar-refractivity contribution >= 4 is 11.8 Å². The van der Waals surface area contributed by atoms with Crippen molar-refractivity contribution in [2.75, 3.05) is 6.54 Å². The van der Waals surface area contributed by atoms with E-state index in [4.69, 9.17) is 0 Å². The largest absolute Gasteiger partial charge is 0.299 e. The van der Waals surface area contributed by atoms with Crippen molar-refractivity contribution in [1.82, 2.24) is 5.32 Å². The fourth-order valence-corrected chi connectivity index (χ4v) is 4.49. The van der Waals surface area contributed by atoms with Crippen LogP contribution in [0.2, 0.25) is 0 Å². The molecule has 0 aromatic heterocycles. The first kappa shape index (κ1) is 16.4. The third kappa shape index (κ3) is 4.49. The van der Waals surface area contributed by atoms with Gasteiger partial charge in [0.15, 0.2) is 0 Å². The van der Waals surface area contributed by atoms with Gasteiger partial charge in [-0.15, -0.1) is 0 Å². The van der Waals surface area contributed by atoms with Crippen LogP contribution in [0.4, 0.5) is 0 Å². The summed E-state index contributed by atoms with van der Waals surface area (Å²) in [5.41, 5.74) is 2.52. The highest BCUT2D eigenvalue weighted by Gasteiger charge is 2.36. The predicted octanol–water partition coefficient (Wildman–Crippen LogP) is 4.43. The van der Waals surface area contributed by atoms with E-state index in [0.29, 0.717) is 5.25 Å². The number of nitrogens with zero attached hydrogens (tertiary/aromatic N) is 1. The van der Waals surface area contributed by atoms with Gasteiger partial charge in [0.1, 0.15) is 5.54 Å². The highest BCUT2D eigenvalue weighted by atomic mass is 32.2. The summed E-state index contributed by atoms with van der Waals surface area (Å²) in [4.78, 5) is 0. The van der Waals surface area contributed by atoms with Crippen LogP contribution in [0.25, 0.3) is 0 Å². The first-order chi connectivity index (χ1) is 10.2. The SMILES string of the molecule is CCCNC1(C#N)CCCC(SCc2ccccc2C)C1. The van der Waals surface area contributed by atoms with Gasteiger partial charge in [0.2, 0.25) is 0 Å². The Bertz CT molecular complexity index is 494. The molecular weight excluding hydrogens is 276 g/mol. The second-order valence-corrected chi connectivity index (χ2v) is 7.37. The molecule has 0 radical (unpaired) electrons. The van der Waals surface area contributed by atoms with E-state index in [1.54, 1.807) is 0 Å². The fraction of sp³-hybridized carbons (Fsp3) is 0.611. The summed E-state index contributed by atoms with van der Waals surface area (Å²) in [5.74, 6) is 1.06. The molecule has 0 amide bonds. The number of nitriles is 1. The van der Waals surface area contributed by atoms with E-state index in [0.717, 1.165) is 38.0 Å². The normalized spacial score (nSPS) is 25.5. The molecule has 2 atom stereocenters. The van der Waals surface area contributed by atoms with Crippen molar-refractivity contribution in [3.63, 3.8) is 0 Å². The van der Waals surface area contributed by atoms with Gasteiger partial charge in [-0.05, 0) is 56.7 Å². The number of aryl methyl sites for hydroxylation is 1. The Labute approximate surface area is 133 Å². The molecule has 21 heavy (non-hydrogen) atoms. The second-order valence-electron chi connectivity index (χ2n) is 6.08. The summed E-state index contributed by atoms with van der Waals surface area (Å²) in [7, 11) is 0. The third-order valence-corrected chi connectivity index (χ3v) is 5.72. The van der Waals surface area contributed by atoms with Crippen LogP contribution in [0.3, 0.4) is 0 Å². The molecule has 3 heteroatoms. The summed E-state index contributed by atoms with van der Waals surface area (Å²) in [6, 6.07) is 11.2. The first-order valence-electron chi connectivity index (χ1n) is 8.01. The number of thioether (sulfide) groups is 1.